The first kappa shape index (κ1) is 10.0. The summed E-state index contributed by atoms with van der Waals surface area (Å²) < 4.78 is 0. The molecule has 0 radical (unpaired) electrons. The normalized spacial score (nSPS) is 23.2. The molecule has 1 rings (SSSR count). The molecule has 0 heterocycles. The Morgan fingerprint density at radius 3 is 2.25 bits per heavy atom. The molecule has 0 spiro atoms. The molecule has 2 heteroatoms. The quantitative estimate of drug-likeness (QED) is 0.692. The van der Waals surface area contributed by atoms with Crippen LogP contribution in [0.15, 0.2) is 0 Å². The second-order valence-electron chi connectivity index (χ2n) is 4.54. The fourth-order valence-corrected chi connectivity index (χ4v) is 1.89. The third kappa shape index (κ3) is 1.64. The third-order valence-corrected chi connectivity index (χ3v) is 3.45. The van der Waals surface area contributed by atoms with Crippen molar-refractivity contribution < 1.29 is 0 Å². The van der Waals surface area contributed by atoms with Crippen LogP contribution in [0.25, 0.3) is 0 Å². The Bertz CT molecular complexity index is 152. The topological polar surface area (TPSA) is 29.3 Å². The first-order valence-corrected chi connectivity index (χ1v) is 4.95. The fraction of sp³-hybridized carbons (Fsp3) is 1.00. The Labute approximate surface area is 76.1 Å². The molecule has 0 aromatic heterocycles. The maximum absolute atomic E-state index is 5.85. The lowest BCUT2D eigenvalue weighted by molar-refractivity contribution is 0.0880. The van der Waals surface area contributed by atoms with E-state index in [2.05, 4.69) is 32.7 Å². The molecule has 1 aliphatic rings. The zero-order chi connectivity index (χ0) is 9.35. The Morgan fingerprint density at radius 1 is 1.50 bits per heavy atom. The van der Waals surface area contributed by atoms with E-state index in [1.807, 2.05) is 0 Å². The summed E-state index contributed by atoms with van der Waals surface area (Å²) >= 11 is 0. The van der Waals surface area contributed by atoms with Crippen LogP contribution in [0.2, 0.25) is 0 Å². The van der Waals surface area contributed by atoms with Crippen molar-refractivity contribution in [1.82, 2.24) is 4.90 Å². The van der Waals surface area contributed by atoms with Crippen LogP contribution in [-0.2, 0) is 0 Å². The minimum atomic E-state index is 0.244. The molecule has 1 atom stereocenters. The minimum absolute atomic E-state index is 0.244. The summed E-state index contributed by atoms with van der Waals surface area (Å²) in [6.45, 7) is 7.55. The second kappa shape index (κ2) is 3.35. The molecule has 12 heavy (non-hydrogen) atoms. The zero-order valence-corrected chi connectivity index (χ0v) is 8.80. The molecule has 2 N–H and O–H groups in total. The molecule has 1 aliphatic carbocycles. The summed E-state index contributed by atoms with van der Waals surface area (Å²) in [5.74, 6) is 0.842. The van der Waals surface area contributed by atoms with E-state index in [4.69, 9.17) is 5.73 Å². The smallest absolute Gasteiger partial charge is 0.0331 e. The van der Waals surface area contributed by atoms with Crippen LogP contribution in [0.4, 0.5) is 0 Å². The van der Waals surface area contributed by atoms with Gasteiger partial charge < -0.3 is 5.73 Å². The highest BCUT2D eigenvalue weighted by Crippen LogP contribution is 2.42. The van der Waals surface area contributed by atoms with Gasteiger partial charge in [0.2, 0.25) is 0 Å². The molecule has 0 aromatic rings. The summed E-state index contributed by atoms with van der Waals surface area (Å²) in [6.07, 6.45) is 2.73. The van der Waals surface area contributed by atoms with Gasteiger partial charge in [0.15, 0.2) is 0 Å². The van der Waals surface area contributed by atoms with E-state index in [0.29, 0.717) is 6.04 Å². The van der Waals surface area contributed by atoms with E-state index in [0.717, 1.165) is 12.5 Å². The standard InChI is InChI=1S/C10H22N2/c1-8(2)12(4)10(3,7-11)9-5-6-9/h8-9H,5-7,11H2,1-4H3. The molecule has 1 saturated carbocycles. The largest absolute Gasteiger partial charge is 0.329 e. The van der Waals surface area contributed by atoms with Gasteiger partial charge in [0.1, 0.15) is 0 Å². The lowest BCUT2D eigenvalue weighted by atomic mass is 9.93. The fourth-order valence-electron chi connectivity index (χ4n) is 1.89. The predicted molar refractivity (Wildman–Crippen MR) is 53.1 cm³/mol. The van der Waals surface area contributed by atoms with Gasteiger partial charge >= 0.3 is 0 Å². The highest BCUT2D eigenvalue weighted by molar-refractivity contribution is 5.00. The van der Waals surface area contributed by atoms with E-state index < -0.39 is 0 Å². The summed E-state index contributed by atoms with van der Waals surface area (Å²) in [6, 6.07) is 0.596. The Balaban J connectivity index is 2.64. The van der Waals surface area contributed by atoms with Gasteiger partial charge in [-0.1, -0.05) is 0 Å². The third-order valence-electron chi connectivity index (χ3n) is 3.45. The van der Waals surface area contributed by atoms with Crippen LogP contribution in [0.5, 0.6) is 0 Å². The molecule has 0 aliphatic heterocycles. The van der Waals surface area contributed by atoms with Crippen LogP contribution in [0.3, 0.4) is 0 Å². The molecule has 72 valence electrons. The van der Waals surface area contributed by atoms with Gasteiger partial charge in [0, 0.05) is 18.1 Å². The van der Waals surface area contributed by atoms with Gasteiger partial charge in [0.05, 0.1) is 0 Å². The first-order chi connectivity index (χ1) is 5.52. The Kier molecular flexibility index (Phi) is 2.79. The maximum atomic E-state index is 5.85. The van der Waals surface area contributed by atoms with Gasteiger partial charge in [-0.05, 0) is 46.6 Å². The average Bonchev–Trinajstić information content (AvgIpc) is 2.84. The van der Waals surface area contributed by atoms with Crippen molar-refractivity contribution in [2.24, 2.45) is 11.7 Å². The number of hydrogen-bond acceptors (Lipinski definition) is 2. The molecule has 2 nitrogen and oxygen atoms in total. The van der Waals surface area contributed by atoms with Gasteiger partial charge in [-0.25, -0.2) is 0 Å². The first-order valence-electron chi connectivity index (χ1n) is 4.95. The van der Waals surface area contributed by atoms with Crippen LogP contribution in [0, 0.1) is 5.92 Å². The van der Waals surface area contributed by atoms with Crippen LogP contribution < -0.4 is 5.73 Å². The van der Waals surface area contributed by atoms with Crippen LogP contribution in [0.1, 0.15) is 33.6 Å². The number of rotatable bonds is 4. The number of hydrogen-bond donors (Lipinski definition) is 1. The highest BCUT2D eigenvalue weighted by atomic mass is 15.2. The van der Waals surface area contributed by atoms with Crippen molar-refractivity contribution in [2.45, 2.75) is 45.2 Å². The molecule has 1 unspecified atom stereocenters. The van der Waals surface area contributed by atoms with Crippen molar-refractivity contribution in [3.05, 3.63) is 0 Å². The SMILES string of the molecule is CC(C)N(C)C(C)(CN)C1CC1. The van der Waals surface area contributed by atoms with Crippen molar-refractivity contribution >= 4 is 0 Å². The lowest BCUT2D eigenvalue weighted by Gasteiger charge is -2.41. The zero-order valence-electron chi connectivity index (χ0n) is 8.80. The van der Waals surface area contributed by atoms with Crippen molar-refractivity contribution in [3.63, 3.8) is 0 Å². The molecule has 0 aromatic carbocycles. The van der Waals surface area contributed by atoms with Gasteiger partial charge in [-0.2, -0.15) is 0 Å². The Morgan fingerprint density at radius 2 is 2.00 bits per heavy atom. The van der Waals surface area contributed by atoms with Gasteiger partial charge in [0.25, 0.3) is 0 Å². The molecular formula is C10H22N2. The molecule has 0 bridgehead atoms. The van der Waals surface area contributed by atoms with E-state index in [9.17, 15) is 0 Å². The highest BCUT2D eigenvalue weighted by Gasteiger charge is 2.43. The van der Waals surface area contributed by atoms with E-state index in [1.165, 1.54) is 12.8 Å². The monoisotopic (exact) mass is 170 g/mol. The molecule has 0 amide bonds. The molecular weight excluding hydrogens is 148 g/mol. The summed E-state index contributed by atoms with van der Waals surface area (Å²) in [5.41, 5.74) is 6.09. The summed E-state index contributed by atoms with van der Waals surface area (Å²) in [4.78, 5) is 2.42. The van der Waals surface area contributed by atoms with E-state index in [1.54, 1.807) is 0 Å². The van der Waals surface area contributed by atoms with E-state index in [-0.39, 0.29) is 5.54 Å². The lowest BCUT2D eigenvalue weighted by Crippen LogP contribution is -2.54. The summed E-state index contributed by atoms with van der Waals surface area (Å²) in [5, 5.41) is 0. The van der Waals surface area contributed by atoms with Crippen molar-refractivity contribution in [2.75, 3.05) is 13.6 Å². The average molecular weight is 170 g/mol. The summed E-state index contributed by atoms with van der Waals surface area (Å²) in [7, 11) is 2.19. The number of nitrogens with two attached hydrogens (primary N) is 1. The Hall–Kier alpha value is -0.0800. The number of nitrogens with zero attached hydrogens (tertiary/aromatic N) is 1. The van der Waals surface area contributed by atoms with Gasteiger partial charge in [-0.15, -0.1) is 0 Å². The molecule has 1 fully saturated rings. The van der Waals surface area contributed by atoms with Crippen molar-refractivity contribution in [1.29, 1.82) is 0 Å². The molecule has 0 saturated heterocycles. The maximum Gasteiger partial charge on any atom is 0.0331 e. The minimum Gasteiger partial charge on any atom is -0.329 e. The van der Waals surface area contributed by atoms with Crippen molar-refractivity contribution in [3.8, 4) is 0 Å². The van der Waals surface area contributed by atoms with E-state index >= 15 is 0 Å². The van der Waals surface area contributed by atoms with Crippen LogP contribution >= 0.6 is 0 Å². The second-order valence-corrected chi connectivity index (χ2v) is 4.54. The number of likely N-dealkylation sites (N-methyl/N-ethyl adjacent to an activating group) is 1. The predicted octanol–water partition coefficient (Wildman–Crippen LogP) is 1.45. The van der Waals surface area contributed by atoms with Crippen LogP contribution in [-0.4, -0.2) is 30.1 Å². The van der Waals surface area contributed by atoms with Gasteiger partial charge in [-0.3, -0.25) is 4.90 Å².